The van der Waals surface area contributed by atoms with Gasteiger partial charge in [-0.2, -0.15) is 0 Å². The lowest BCUT2D eigenvalue weighted by Crippen LogP contribution is -2.21. The van der Waals surface area contributed by atoms with Crippen LogP contribution in [0.1, 0.15) is 52.9 Å². The number of hydrogen-bond donors (Lipinski definition) is 1. The third-order valence-electron chi connectivity index (χ3n) is 5.77. The summed E-state index contributed by atoms with van der Waals surface area (Å²) in [5.74, 6) is -0.250. The maximum absolute atomic E-state index is 12.0. The third-order valence-corrected chi connectivity index (χ3v) is 5.77. The van der Waals surface area contributed by atoms with E-state index in [2.05, 4.69) is 25.7 Å². The summed E-state index contributed by atoms with van der Waals surface area (Å²) in [6.45, 7) is 10.1. The fraction of sp³-hybridized carbons (Fsp3) is 0.650. The Balaban J connectivity index is 1.81. The lowest BCUT2D eigenvalue weighted by atomic mass is 9.85. The van der Waals surface area contributed by atoms with Crippen molar-refractivity contribution in [1.29, 1.82) is 0 Å². The maximum Gasteiger partial charge on any atom is 0.334 e. The van der Waals surface area contributed by atoms with E-state index < -0.39 is 6.10 Å². The molecule has 0 unspecified atom stereocenters. The van der Waals surface area contributed by atoms with Crippen molar-refractivity contribution < 1.29 is 19.4 Å². The molecule has 1 N–H and O–H groups in total. The van der Waals surface area contributed by atoms with E-state index in [-0.39, 0.29) is 29.7 Å². The molecule has 2 fully saturated rings. The molecule has 1 aliphatic carbocycles. The quantitative estimate of drug-likeness (QED) is 0.319. The van der Waals surface area contributed by atoms with Gasteiger partial charge in [0.05, 0.1) is 17.8 Å². The smallest absolute Gasteiger partial charge is 0.334 e. The van der Waals surface area contributed by atoms with Crippen LogP contribution in [-0.2, 0) is 14.3 Å². The van der Waals surface area contributed by atoms with Gasteiger partial charge in [0, 0.05) is 17.9 Å². The number of allylic oxidation sites excluding steroid dienone is 1. The van der Waals surface area contributed by atoms with E-state index >= 15 is 0 Å². The Kier molecular flexibility index (Phi) is 4.71. The third kappa shape index (κ3) is 3.50. The van der Waals surface area contributed by atoms with Crippen LogP contribution in [-0.4, -0.2) is 35.0 Å². The summed E-state index contributed by atoms with van der Waals surface area (Å²) in [4.78, 5) is 12.0. The van der Waals surface area contributed by atoms with Crippen LogP contribution in [0.4, 0.5) is 0 Å². The molecule has 5 atom stereocenters. The van der Waals surface area contributed by atoms with Crippen molar-refractivity contribution in [1.82, 2.24) is 0 Å². The average molecular weight is 332 g/mol. The minimum Gasteiger partial charge on any atom is -0.458 e. The van der Waals surface area contributed by atoms with Crippen LogP contribution >= 0.6 is 0 Å². The van der Waals surface area contributed by atoms with Gasteiger partial charge in [-0.25, -0.2) is 4.79 Å². The second kappa shape index (κ2) is 6.49. The topological polar surface area (TPSA) is 59.1 Å². The molecule has 0 amide bonds. The van der Waals surface area contributed by atoms with E-state index in [0.29, 0.717) is 18.4 Å². The SMILES string of the molecule is C=C1C(=O)O[C@H]2C/C(C)=C/C[C@H](O)/C(C)=C\CC[C@]3(C)O[C@H]3C[C@H]12. The highest BCUT2D eigenvalue weighted by atomic mass is 16.6. The molecule has 0 aromatic carbocycles. The van der Waals surface area contributed by atoms with Crippen molar-refractivity contribution in [3.8, 4) is 0 Å². The van der Waals surface area contributed by atoms with Crippen LogP contribution in [0.15, 0.2) is 35.5 Å². The van der Waals surface area contributed by atoms with Crippen LogP contribution in [0.3, 0.4) is 0 Å². The Morgan fingerprint density at radius 1 is 1.33 bits per heavy atom. The van der Waals surface area contributed by atoms with Gasteiger partial charge in [0.25, 0.3) is 0 Å². The molecular formula is C20H28O4. The number of hydrogen-bond acceptors (Lipinski definition) is 4. The zero-order chi connectivity index (χ0) is 17.5. The molecule has 0 saturated carbocycles. The number of esters is 1. The molecular weight excluding hydrogens is 304 g/mol. The summed E-state index contributed by atoms with van der Waals surface area (Å²) in [7, 11) is 0. The second-order valence-electron chi connectivity index (χ2n) is 7.72. The number of carbonyl (C=O) groups is 1. The fourth-order valence-electron chi connectivity index (χ4n) is 3.81. The standard InChI is InChI=1S/C20H28O4/c1-12-7-8-16(21)13(2)6-5-9-20(4)18(24-20)11-15-14(3)19(22)23-17(15)10-12/h6-7,15-18,21H,3,5,8-11H2,1-2,4H3/b12-7+,13-6-/t15-,16+,17+,18+,20+/m1/s1. The first-order valence-corrected chi connectivity index (χ1v) is 8.88. The predicted octanol–water partition coefficient (Wildman–Crippen LogP) is 3.46. The Hall–Kier alpha value is -1.39. The van der Waals surface area contributed by atoms with E-state index in [1.165, 1.54) is 0 Å². The second-order valence-corrected chi connectivity index (χ2v) is 7.72. The van der Waals surface area contributed by atoms with Crippen molar-refractivity contribution in [3.63, 3.8) is 0 Å². The number of aliphatic hydroxyl groups excluding tert-OH is 1. The molecule has 2 heterocycles. The molecule has 2 aliphatic heterocycles. The average Bonchev–Trinajstić information content (AvgIpc) is 3.09. The molecule has 3 aliphatic rings. The van der Waals surface area contributed by atoms with Crippen LogP contribution in [0.2, 0.25) is 0 Å². The zero-order valence-corrected chi connectivity index (χ0v) is 14.9. The van der Waals surface area contributed by atoms with E-state index in [0.717, 1.165) is 30.4 Å². The van der Waals surface area contributed by atoms with Gasteiger partial charge in [0.15, 0.2) is 0 Å². The number of fused-ring (bicyclic) bond motifs is 2. The first-order chi connectivity index (χ1) is 11.3. The van der Waals surface area contributed by atoms with Gasteiger partial charge in [0.2, 0.25) is 0 Å². The van der Waals surface area contributed by atoms with Gasteiger partial charge in [-0.15, -0.1) is 0 Å². The van der Waals surface area contributed by atoms with Gasteiger partial charge < -0.3 is 14.6 Å². The first kappa shape index (κ1) is 17.4. The van der Waals surface area contributed by atoms with Gasteiger partial charge in [0.1, 0.15) is 6.10 Å². The first-order valence-electron chi connectivity index (χ1n) is 8.88. The Morgan fingerprint density at radius 3 is 2.83 bits per heavy atom. The number of rotatable bonds is 0. The van der Waals surface area contributed by atoms with Crippen molar-refractivity contribution in [3.05, 3.63) is 35.5 Å². The molecule has 0 spiro atoms. The van der Waals surface area contributed by atoms with E-state index in [1.54, 1.807) is 0 Å². The van der Waals surface area contributed by atoms with Crippen molar-refractivity contribution in [2.45, 2.75) is 76.8 Å². The summed E-state index contributed by atoms with van der Waals surface area (Å²) in [6.07, 6.45) is 7.61. The summed E-state index contributed by atoms with van der Waals surface area (Å²) >= 11 is 0. The summed E-state index contributed by atoms with van der Waals surface area (Å²) in [6, 6.07) is 0. The molecule has 0 aromatic heterocycles. The van der Waals surface area contributed by atoms with Crippen LogP contribution < -0.4 is 0 Å². The molecule has 24 heavy (non-hydrogen) atoms. The number of aliphatic hydroxyl groups is 1. The van der Waals surface area contributed by atoms with Crippen LogP contribution in [0.25, 0.3) is 0 Å². The van der Waals surface area contributed by atoms with Gasteiger partial charge >= 0.3 is 5.97 Å². The highest BCUT2D eigenvalue weighted by Gasteiger charge is 2.54. The molecule has 0 aromatic rings. The summed E-state index contributed by atoms with van der Waals surface area (Å²) in [5, 5.41) is 10.3. The monoisotopic (exact) mass is 332 g/mol. The Morgan fingerprint density at radius 2 is 2.08 bits per heavy atom. The normalized spacial score (nSPS) is 45.0. The fourth-order valence-corrected chi connectivity index (χ4v) is 3.81. The number of epoxide rings is 1. The largest absolute Gasteiger partial charge is 0.458 e. The lowest BCUT2D eigenvalue weighted by Gasteiger charge is -2.19. The van der Waals surface area contributed by atoms with Gasteiger partial charge in [-0.3, -0.25) is 0 Å². The molecule has 0 radical (unpaired) electrons. The molecule has 4 heteroatoms. The van der Waals surface area contributed by atoms with Crippen LogP contribution in [0, 0.1) is 5.92 Å². The maximum atomic E-state index is 12.0. The van der Waals surface area contributed by atoms with Crippen molar-refractivity contribution in [2.75, 3.05) is 0 Å². The lowest BCUT2D eigenvalue weighted by molar-refractivity contribution is -0.139. The minimum atomic E-state index is -0.455. The molecule has 4 nitrogen and oxygen atoms in total. The van der Waals surface area contributed by atoms with Crippen LogP contribution in [0.5, 0.6) is 0 Å². The molecule has 3 rings (SSSR count). The predicted molar refractivity (Wildman–Crippen MR) is 92.4 cm³/mol. The van der Waals surface area contributed by atoms with Gasteiger partial charge in [-0.1, -0.05) is 24.3 Å². The van der Waals surface area contributed by atoms with Gasteiger partial charge in [-0.05, 0) is 52.0 Å². The minimum absolute atomic E-state index is 0.0258. The zero-order valence-electron chi connectivity index (χ0n) is 14.9. The van der Waals surface area contributed by atoms with Crippen molar-refractivity contribution >= 4 is 5.97 Å². The summed E-state index contributed by atoms with van der Waals surface area (Å²) in [5.41, 5.74) is 2.59. The van der Waals surface area contributed by atoms with E-state index in [9.17, 15) is 9.90 Å². The van der Waals surface area contributed by atoms with E-state index in [4.69, 9.17) is 9.47 Å². The molecule has 2 saturated heterocycles. The summed E-state index contributed by atoms with van der Waals surface area (Å²) < 4.78 is 11.5. The Bertz CT molecular complexity index is 603. The van der Waals surface area contributed by atoms with Crippen molar-refractivity contribution in [2.24, 2.45) is 5.92 Å². The highest BCUT2D eigenvalue weighted by molar-refractivity contribution is 5.90. The van der Waals surface area contributed by atoms with E-state index in [1.807, 2.05) is 13.8 Å². The Labute approximate surface area is 144 Å². The number of carbonyl (C=O) groups excluding carboxylic acids is 1. The highest BCUT2D eigenvalue weighted by Crippen LogP contribution is 2.47. The number of ether oxygens (including phenoxy) is 2. The molecule has 0 bridgehead atoms. The molecule has 132 valence electrons.